The molecule has 0 bridgehead atoms. The molecule has 5 rings (SSSR count). The van der Waals surface area contributed by atoms with E-state index in [4.69, 9.17) is 10.5 Å². The van der Waals surface area contributed by atoms with E-state index in [1.165, 1.54) is 0 Å². The van der Waals surface area contributed by atoms with Gasteiger partial charge in [-0.25, -0.2) is 9.78 Å². The number of nitrogens with two attached hydrogens (primary N) is 1. The molecule has 38 heavy (non-hydrogen) atoms. The van der Waals surface area contributed by atoms with E-state index in [1.807, 2.05) is 49.9 Å². The van der Waals surface area contributed by atoms with Gasteiger partial charge >= 0.3 is 6.09 Å². The predicted octanol–water partition coefficient (Wildman–Crippen LogP) is 2.37. The van der Waals surface area contributed by atoms with Gasteiger partial charge in [0, 0.05) is 62.1 Å². The minimum Gasteiger partial charge on any atom is -0.444 e. The van der Waals surface area contributed by atoms with Crippen LogP contribution in [0.1, 0.15) is 37.7 Å². The summed E-state index contributed by atoms with van der Waals surface area (Å²) in [6.45, 7) is 9.77. The van der Waals surface area contributed by atoms with E-state index < -0.39 is 23.6 Å². The second-order valence-electron chi connectivity index (χ2n) is 11.1. The Morgan fingerprint density at radius 1 is 1.08 bits per heavy atom. The van der Waals surface area contributed by atoms with E-state index in [2.05, 4.69) is 14.8 Å². The quantitative estimate of drug-likeness (QED) is 0.629. The molecule has 0 radical (unpaired) electrons. The maximum atomic E-state index is 13.4. The molecule has 10 nitrogen and oxygen atoms in total. The number of benzene rings is 1. The third-order valence-corrected chi connectivity index (χ3v) is 8.34. The lowest BCUT2D eigenvalue weighted by molar-refractivity contribution is -0.134. The Morgan fingerprint density at radius 2 is 1.82 bits per heavy atom. The molecule has 4 heterocycles. The van der Waals surface area contributed by atoms with Crippen molar-refractivity contribution in [1.82, 2.24) is 19.7 Å². The first-order valence-electron chi connectivity index (χ1n) is 13.2. The Balaban J connectivity index is 1.31. The van der Waals surface area contributed by atoms with Crippen LogP contribution in [0.25, 0.3) is 10.9 Å². The SMILES string of the molecule is CC(C)(C)OC(=O)N1C[C@@H](N2CCN(c3cc(C(N)=O)nc4ccccc34)CC2)C[C@H]1C(=O)N1CCSC1. The molecule has 3 amide bonds. The second kappa shape index (κ2) is 10.6. The number of hydrogen-bond acceptors (Lipinski definition) is 8. The Morgan fingerprint density at radius 3 is 2.47 bits per heavy atom. The monoisotopic (exact) mass is 540 g/mol. The van der Waals surface area contributed by atoms with Crippen molar-refractivity contribution < 1.29 is 19.1 Å². The summed E-state index contributed by atoms with van der Waals surface area (Å²) in [5.74, 6) is 1.08. The van der Waals surface area contributed by atoms with Gasteiger partial charge in [0.05, 0.1) is 11.4 Å². The number of para-hydroxylation sites is 1. The molecule has 3 aliphatic rings. The van der Waals surface area contributed by atoms with Crippen molar-refractivity contribution in [3.8, 4) is 0 Å². The number of nitrogens with zero attached hydrogens (tertiary/aromatic N) is 5. The van der Waals surface area contributed by atoms with Crippen molar-refractivity contribution in [1.29, 1.82) is 0 Å². The van der Waals surface area contributed by atoms with Crippen LogP contribution in [0.4, 0.5) is 10.5 Å². The molecular formula is C27H36N6O4S. The van der Waals surface area contributed by atoms with Crippen LogP contribution in [0.2, 0.25) is 0 Å². The van der Waals surface area contributed by atoms with Gasteiger partial charge in [-0.3, -0.25) is 19.4 Å². The van der Waals surface area contributed by atoms with E-state index in [0.29, 0.717) is 18.8 Å². The van der Waals surface area contributed by atoms with Crippen molar-refractivity contribution in [3.05, 3.63) is 36.0 Å². The smallest absolute Gasteiger partial charge is 0.411 e. The maximum absolute atomic E-state index is 13.4. The molecule has 0 saturated carbocycles. The molecule has 0 unspecified atom stereocenters. The van der Waals surface area contributed by atoms with Crippen LogP contribution in [0.3, 0.4) is 0 Å². The van der Waals surface area contributed by atoms with Crippen LogP contribution in [0.5, 0.6) is 0 Å². The summed E-state index contributed by atoms with van der Waals surface area (Å²) in [5.41, 5.74) is 6.88. The van der Waals surface area contributed by atoms with Gasteiger partial charge in [-0.05, 0) is 39.3 Å². The van der Waals surface area contributed by atoms with Crippen molar-refractivity contribution in [3.63, 3.8) is 0 Å². The number of likely N-dealkylation sites (tertiary alicyclic amines) is 1. The van der Waals surface area contributed by atoms with Crippen LogP contribution in [-0.4, -0.2) is 106 Å². The van der Waals surface area contributed by atoms with E-state index in [9.17, 15) is 14.4 Å². The van der Waals surface area contributed by atoms with Crippen LogP contribution in [0.15, 0.2) is 30.3 Å². The fraction of sp³-hybridized carbons (Fsp3) is 0.556. The van der Waals surface area contributed by atoms with Crippen molar-refractivity contribution in [2.24, 2.45) is 5.73 Å². The van der Waals surface area contributed by atoms with Crippen LogP contribution in [-0.2, 0) is 9.53 Å². The van der Waals surface area contributed by atoms with E-state index in [0.717, 1.165) is 55.1 Å². The normalized spacial score (nSPS) is 22.8. The number of anilines is 1. The molecule has 3 aliphatic heterocycles. The highest BCUT2D eigenvalue weighted by atomic mass is 32.2. The zero-order valence-corrected chi connectivity index (χ0v) is 23.1. The van der Waals surface area contributed by atoms with Gasteiger partial charge in [-0.15, -0.1) is 11.8 Å². The summed E-state index contributed by atoms with van der Waals surface area (Å²) in [5, 5.41) is 0.983. The van der Waals surface area contributed by atoms with Gasteiger partial charge < -0.3 is 20.3 Å². The molecule has 11 heteroatoms. The molecular weight excluding hydrogens is 504 g/mol. The Labute approximate surface area is 227 Å². The van der Waals surface area contributed by atoms with Crippen molar-refractivity contribution >= 4 is 46.3 Å². The van der Waals surface area contributed by atoms with Crippen molar-refractivity contribution in [2.75, 3.05) is 55.8 Å². The Hall–Kier alpha value is -3.05. The number of rotatable bonds is 4. The average Bonchev–Trinajstić information content (AvgIpc) is 3.58. The number of fused-ring (bicyclic) bond motifs is 1. The minimum atomic E-state index is -0.630. The fourth-order valence-corrected chi connectivity index (χ4v) is 6.46. The molecule has 0 spiro atoms. The zero-order valence-electron chi connectivity index (χ0n) is 22.3. The van der Waals surface area contributed by atoms with Gasteiger partial charge in [0.25, 0.3) is 5.91 Å². The summed E-state index contributed by atoms with van der Waals surface area (Å²) >= 11 is 1.74. The number of carbonyl (C=O) groups is 3. The fourth-order valence-electron chi connectivity index (χ4n) is 5.51. The summed E-state index contributed by atoms with van der Waals surface area (Å²) in [7, 11) is 0. The Kier molecular flexibility index (Phi) is 7.41. The lowest BCUT2D eigenvalue weighted by Crippen LogP contribution is -2.51. The first kappa shape index (κ1) is 26.6. The molecule has 0 aliphatic carbocycles. The summed E-state index contributed by atoms with van der Waals surface area (Å²) < 4.78 is 5.69. The molecule has 2 N–H and O–H groups in total. The predicted molar refractivity (Wildman–Crippen MR) is 148 cm³/mol. The van der Waals surface area contributed by atoms with Gasteiger partial charge in [-0.1, -0.05) is 18.2 Å². The number of carbonyl (C=O) groups excluding carboxylic acids is 3. The first-order valence-corrected chi connectivity index (χ1v) is 14.3. The number of thioether (sulfide) groups is 1. The zero-order chi connectivity index (χ0) is 27.0. The number of amides is 3. The molecule has 204 valence electrons. The van der Waals surface area contributed by atoms with Gasteiger partial charge in [0.1, 0.15) is 17.3 Å². The highest BCUT2D eigenvalue weighted by Gasteiger charge is 2.45. The number of piperazine rings is 1. The third kappa shape index (κ3) is 5.54. The number of aromatic nitrogens is 1. The number of primary amides is 1. The maximum Gasteiger partial charge on any atom is 0.411 e. The van der Waals surface area contributed by atoms with Gasteiger partial charge in [0.2, 0.25) is 5.91 Å². The third-order valence-electron chi connectivity index (χ3n) is 7.37. The lowest BCUT2D eigenvalue weighted by atomic mass is 10.1. The van der Waals surface area contributed by atoms with Crippen LogP contribution < -0.4 is 10.6 Å². The average molecular weight is 541 g/mol. The van der Waals surface area contributed by atoms with Crippen molar-refractivity contribution in [2.45, 2.75) is 44.9 Å². The van der Waals surface area contributed by atoms with Gasteiger partial charge in [0.15, 0.2) is 0 Å². The number of hydrogen-bond donors (Lipinski definition) is 1. The van der Waals surface area contributed by atoms with Crippen LogP contribution in [0, 0.1) is 0 Å². The molecule has 1 aromatic heterocycles. The summed E-state index contributed by atoms with van der Waals surface area (Å²) in [6, 6.07) is 9.12. The van der Waals surface area contributed by atoms with E-state index >= 15 is 0 Å². The van der Waals surface area contributed by atoms with E-state index in [1.54, 1.807) is 22.7 Å². The largest absolute Gasteiger partial charge is 0.444 e. The summed E-state index contributed by atoms with van der Waals surface area (Å²) in [6.07, 6.45) is 0.176. The van der Waals surface area contributed by atoms with E-state index in [-0.39, 0.29) is 17.6 Å². The molecule has 3 saturated heterocycles. The topological polar surface area (TPSA) is 112 Å². The van der Waals surface area contributed by atoms with Gasteiger partial charge in [-0.2, -0.15) is 0 Å². The number of pyridine rings is 1. The molecule has 1 aromatic carbocycles. The highest BCUT2D eigenvalue weighted by Crippen LogP contribution is 2.31. The Bertz CT molecular complexity index is 1220. The lowest BCUT2D eigenvalue weighted by Gasteiger charge is -2.39. The van der Waals surface area contributed by atoms with Crippen LogP contribution >= 0.6 is 11.8 Å². The minimum absolute atomic E-state index is 0.0178. The standard InChI is InChI=1S/C27H36N6O4S/c1-27(2,3)37-26(36)33-16-18(14-23(33)25(35)32-12-13-38-17-32)30-8-10-31(11-9-30)22-15-21(24(28)34)29-20-7-5-4-6-19(20)22/h4-7,15,18,23H,8-14,16-17H2,1-3H3,(H2,28,34)/t18-,23-/m0/s1. The summed E-state index contributed by atoms with van der Waals surface area (Å²) in [4.78, 5) is 51.0. The molecule has 2 aromatic rings. The number of ether oxygens (including phenoxy) is 1. The highest BCUT2D eigenvalue weighted by molar-refractivity contribution is 7.99. The second-order valence-corrected chi connectivity index (χ2v) is 12.2. The molecule has 2 atom stereocenters. The first-order chi connectivity index (χ1) is 18.1. The molecule has 3 fully saturated rings.